The first-order valence-electron chi connectivity index (χ1n) is 13.8. The number of hydrogen-bond donors (Lipinski definition) is 2. The Bertz CT molecular complexity index is 1790. The molecule has 0 bridgehead atoms. The summed E-state index contributed by atoms with van der Waals surface area (Å²) >= 11 is 8.19. The average molecular weight is 638 g/mol. The summed E-state index contributed by atoms with van der Waals surface area (Å²) in [7, 11) is 1.52. The number of fused-ring (bicyclic) bond motifs is 2. The monoisotopic (exact) mass is 636 g/mol. The van der Waals surface area contributed by atoms with Gasteiger partial charge in [0.25, 0.3) is 0 Å². The zero-order valence-corrected chi connectivity index (χ0v) is 25.7. The van der Waals surface area contributed by atoms with E-state index in [1.165, 1.54) is 30.0 Å². The standard InChI is InChI=1S/C30H29ClN8O2S.ClH/c1-41-29-33-10-6-20(37-29)21-16-39-11-7-23(25(31)28(39)36-21)42-24-15-34-27(22(17-40)35-24)38-12-8-30(9-13-38)14-18-4-2-3-5-19(18)26(30)32;/h2-7,10-11,15-16,26,40H,8-9,12-14,17,32H2,1H3;1H/t26-;/m1./s1. The van der Waals surface area contributed by atoms with Gasteiger partial charge in [0, 0.05) is 42.6 Å². The largest absolute Gasteiger partial charge is 0.467 e. The summed E-state index contributed by atoms with van der Waals surface area (Å²) in [5.74, 6) is 0.723. The van der Waals surface area contributed by atoms with Crippen molar-refractivity contribution in [2.75, 3.05) is 25.1 Å². The van der Waals surface area contributed by atoms with E-state index in [0.717, 1.165) is 43.1 Å². The number of pyridine rings is 1. The van der Waals surface area contributed by atoms with E-state index in [1.54, 1.807) is 18.5 Å². The second-order valence-corrected chi connectivity index (χ2v) is 12.2. The van der Waals surface area contributed by atoms with E-state index in [2.05, 4.69) is 39.1 Å². The zero-order chi connectivity index (χ0) is 28.8. The second kappa shape index (κ2) is 11.9. The van der Waals surface area contributed by atoms with Gasteiger partial charge in [-0.15, -0.1) is 12.4 Å². The number of ether oxygens (including phenoxy) is 1. The van der Waals surface area contributed by atoms with E-state index < -0.39 is 0 Å². The maximum Gasteiger partial charge on any atom is 0.316 e. The van der Waals surface area contributed by atoms with E-state index in [-0.39, 0.29) is 36.5 Å². The topological polar surface area (TPSA) is 128 Å². The predicted octanol–water partition coefficient (Wildman–Crippen LogP) is 5.15. The van der Waals surface area contributed by atoms with Crippen LogP contribution < -0.4 is 15.4 Å². The minimum absolute atomic E-state index is 0. The maximum atomic E-state index is 10.2. The number of aliphatic hydroxyl groups is 1. The van der Waals surface area contributed by atoms with Crippen molar-refractivity contribution >= 4 is 47.2 Å². The number of methoxy groups -OCH3 is 1. The number of anilines is 1. The van der Waals surface area contributed by atoms with E-state index in [9.17, 15) is 5.11 Å². The van der Waals surface area contributed by atoms with Crippen LogP contribution in [0.3, 0.4) is 0 Å². The molecule has 0 radical (unpaired) electrons. The van der Waals surface area contributed by atoms with Crippen molar-refractivity contribution < 1.29 is 9.84 Å². The second-order valence-electron chi connectivity index (χ2n) is 10.7. The molecule has 7 rings (SSSR count). The van der Waals surface area contributed by atoms with Gasteiger partial charge in [0.1, 0.15) is 16.4 Å². The van der Waals surface area contributed by atoms with Crippen LogP contribution >= 0.6 is 35.8 Å². The van der Waals surface area contributed by atoms with Gasteiger partial charge in [-0.2, -0.15) is 4.98 Å². The summed E-state index contributed by atoms with van der Waals surface area (Å²) in [4.78, 5) is 25.6. The minimum atomic E-state index is -0.206. The number of aromatic nitrogens is 6. The molecule has 1 fully saturated rings. The van der Waals surface area contributed by atoms with Crippen molar-refractivity contribution in [3.63, 3.8) is 0 Å². The third kappa shape index (κ3) is 5.29. The molecule has 0 unspecified atom stereocenters. The normalized spacial score (nSPS) is 17.2. The Kier molecular flexibility index (Phi) is 8.18. The van der Waals surface area contributed by atoms with Crippen LogP contribution in [0.15, 0.2) is 71.1 Å². The third-order valence-electron chi connectivity index (χ3n) is 8.43. The number of halogens is 2. The lowest BCUT2D eigenvalue weighted by molar-refractivity contribution is 0.186. The molecule has 1 atom stereocenters. The van der Waals surface area contributed by atoms with Crippen molar-refractivity contribution in [2.24, 2.45) is 11.1 Å². The Labute approximate surface area is 264 Å². The summed E-state index contributed by atoms with van der Waals surface area (Å²) in [5.41, 5.74) is 11.9. The Morgan fingerprint density at radius 1 is 1.09 bits per heavy atom. The first-order chi connectivity index (χ1) is 20.5. The van der Waals surface area contributed by atoms with E-state index in [4.69, 9.17) is 37.0 Å². The van der Waals surface area contributed by atoms with Gasteiger partial charge in [-0.1, -0.05) is 47.6 Å². The highest BCUT2D eigenvalue weighted by Gasteiger charge is 2.46. The number of benzene rings is 1. The number of hydrogen-bond acceptors (Lipinski definition) is 10. The minimum Gasteiger partial charge on any atom is -0.467 e. The van der Waals surface area contributed by atoms with Gasteiger partial charge in [-0.25, -0.2) is 19.9 Å². The summed E-state index contributed by atoms with van der Waals surface area (Å²) in [5, 5.41) is 11.4. The first-order valence-corrected chi connectivity index (χ1v) is 14.9. The first kappa shape index (κ1) is 29.6. The Balaban J connectivity index is 0.00000329. The summed E-state index contributed by atoms with van der Waals surface area (Å²) in [6.07, 6.45) is 10.1. The molecule has 43 heavy (non-hydrogen) atoms. The van der Waals surface area contributed by atoms with Crippen LogP contribution in [0.5, 0.6) is 6.01 Å². The highest BCUT2D eigenvalue weighted by atomic mass is 35.5. The molecule has 1 saturated heterocycles. The number of imidazole rings is 1. The zero-order valence-electron chi connectivity index (χ0n) is 23.4. The van der Waals surface area contributed by atoms with Crippen LogP contribution in [-0.2, 0) is 13.0 Å². The van der Waals surface area contributed by atoms with Gasteiger partial charge in [-0.3, -0.25) is 0 Å². The fourth-order valence-corrected chi connectivity index (χ4v) is 7.30. The molecule has 222 valence electrons. The lowest BCUT2D eigenvalue weighted by Crippen LogP contribution is -2.45. The number of piperidine rings is 1. The van der Waals surface area contributed by atoms with Crippen LogP contribution in [0.1, 0.15) is 35.7 Å². The van der Waals surface area contributed by atoms with E-state index in [0.29, 0.717) is 32.8 Å². The number of rotatable bonds is 6. The molecule has 3 N–H and O–H groups in total. The molecule has 13 heteroatoms. The van der Waals surface area contributed by atoms with E-state index >= 15 is 0 Å². The van der Waals surface area contributed by atoms with Crippen LogP contribution in [0.4, 0.5) is 5.82 Å². The predicted molar refractivity (Wildman–Crippen MR) is 168 cm³/mol. The highest BCUT2D eigenvalue weighted by molar-refractivity contribution is 7.99. The molecule has 0 amide bonds. The smallest absolute Gasteiger partial charge is 0.316 e. The molecule has 5 aromatic rings. The summed E-state index contributed by atoms with van der Waals surface area (Å²) in [6.45, 7) is 1.43. The van der Waals surface area contributed by atoms with Crippen molar-refractivity contribution in [2.45, 2.75) is 41.8 Å². The van der Waals surface area contributed by atoms with Crippen molar-refractivity contribution in [3.05, 3.63) is 83.0 Å². The fourth-order valence-electron chi connectivity index (χ4n) is 6.19. The van der Waals surface area contributed by atoms with Crippen LogP contribution in [0, 0.1) is 5.41 Å². The molecule has 1 aliphatic heterocycles. The maximum absolute atomic E-state index is 10.2. The van der Waals surface area contributed by atoms with Crippen LogP contribution in [-0.4, -0.2) is 54.6 Å². The number of nitrogens with zero attached hydrogens (tertiary/aromatic N) is 7. The van der Waals surface area contributed by atoms with Gasteiger partial charge < -0.3 is 24.9 Å². The lowest BCUT2D eigenvalue weighted by atomic mass is 9.73. The van der Waals surface area contributed by atoms with Gasteiger partial charge in [0.15, 0.2) is 11.5 Å². The SMILES string of the molecule is COc1nccc(-c2cn3ccc(Sc4cnc(N5CCC6(CC5)Cc5ccccc5[C@H]6N)c(CO)n4)c(Cl)c3n2)n1.Cl. The van der Waals surface area contributed by atoms with Gasteiger partial charge in [-0.05, 0) is 47.9 Å². The fraction of sp³-hybridized carbons (Fsp3) is 0.300. The van der Waals surface area contributed by atoms with E-state index in [1.807, 2.05) is 22.9 Å². The molecule has 4 aromatic heterocycles. The Morgan fingerprint density at radius 2 is 1.91 bits per heavy atom. The molecule has 5 heterocycles. The third-order valence-corrected chi connectivity index (χ3v) is 9.88. The summed E-state index contributed by atoms with van der Waals surface area (Å²) in [6, 6.07) is 12.5. The number of nitrogens with two attached hydrogens (primary N) is 1. The van der Waals surface area contributed by atoms with Gasteiger partial charge in [0.2, 0.25) is 0 Å². The highest BCUT2D eigenvalue weighted by Crippen LogP contribution is 2.51. The van der Waals surface area contributed by atoms with Gasteiger partial charge in [0.05, 0.1) is 30.6 Å². The quantitative estimate of drug-likeness (QED) is 0.258. The molecule has 1 aliphatic carbocycles. The van der Waals surface area contributed by atoms with Gasteiger partial charge >= 0.3 is 6.01 Å². The van der Waals surface area contributed by atoms with Crippen molar-refractivity contribution in [3.8, 4) is 17.4 Å². The molecule has 1 aromatic carbocycles. The van der Waals surface area contributed by atoms with Crippen molar-refractivity contribution in [1.82, 2.24) is 29.3 Å². The summed E-state index contributed by atoms with van der Waals surface area (Å²) < 4.78 is 6.99. The molecule has 10 nitrogen and oxygen atoms in total. The molecule has 2 aliphatic rings. The average Bonchev–Trinajstić information content (AvgIpc) is 3.59. The molecule has 1 spiro atoms. The Morgan fingerprint density at radius 3 is 2.67 bits per heavy atom. The Hall–Kier alpha value is -3.48. The lowest BCUT2D eigenvalue weighted by Gasteiger charge is -2.42. The van der Waals surface area contributed by atoms with Crippen molar-refractivity contribution in [1.29, 1.82) is 0 Å². The molecular formula is C30H30Cl2N8O2S. The van der Waals surface area contributed by atoms with Crippen LogP contribution in [0.25, 0.3) is 17.0 Å². The van der Waals surface area contributed by atoms with Crippen LogP contribution in [0.2, 0.25) is 5.02 Å². The molecular weight excluding hydrogens is 607 g/mol. The molecule has 0 saturated carbocycles. The number of aliphatic hydroxyl groups excluding tert-OH is 1.